The number of amides is 1. The van der Waals surface area contributed by atoms with Crippen molar-refractivity contribution < 1.29 is 15.0 Å². The second-order valence-corrected chi connectivity index (χ2v) is 7.01. The van der Waals surface area contributed by atoms with Crippen LogP contribution in [0, 0.1) is 0 Å². The number of aliphatic hydroxyl groups excluding tert-OH is 2. The summed E-state index contributed by atoms with van der Waals surface area (Å²) in [5, 5.41) is 22.5. The molecule has 0 spiro atoms. The number of anilines is 1. The summed E-state index contributed by atoms with van der Waals surface area (Å²) in [6.45, 7) is -0.627. The molecule has 0 aliphatic carbocycles. The zero-order valence-electron chi connectivity index (χ0n) is 13.3. The largest absolute Gasteiger partial charge is 0.376 e. The quantitative estimate of drug-likeness (QED) is 0.610. The van der Waals surface area contributed by atoms with Crippen LogP contribution in [0.5, 0.6) is 0 Å². The molecule has 2 aromatic carbocycles. The standard InChI is InChI=1S/C18H17N3O3S/c22-9-21(10-23)11-5-6-12-13(7-11)18(24)20-15(12)8-17-19-14-3-1-2-4-16(14)25-17/h1-7,15,22-23H,8-10H2,(H,20,24). The van der Waals surface area contributed by atoms with E-state index in [4.69, 9.17) is 0 Å². The number of carbonyl (C=O) groups is 1. The molecule has 0 bridgehead atoms. The summed E-state index contributed by atoms with van der Waals surface area (Å²) in [6, 6.07) is 13.3. The van der Waals surface area contributed by atoms with Crippen LogP contribution in [0.4, 0.5) is 5.69 Å². The number of hydrogen-bond donors (Lipinski definition) is 3. The maximum absolute atomic E-state index is 12.3. The second-order valence-electron chi connectivity index (χ2n) is 5.90. The number of rotatable bonds is 5. The number of aliphatic hydroxyl groups is 2. The molecule has 7 heteroatoms. The summed E-state index contributed by atoms with van der Waals surface area (Å²) in [5.41, 5.74) is 3.09. The van der Waals surface area contributed by atoms with Crippen molar-refractivity contribution in [3.63, 3.8) is 0 Å². The van der Waals surface area contributed by atoms with Gasteiger partial charge in [-0.3, -0.25) is 4.79 Å². The average Bonchev–Trinajstić information content (AvgIpc) is 3.17. The Bertz CT molecular complexity index is 903. The average molecular weight is 355 g/mol. The number of nitrogens with zero attached hydrogens (tertiary/aromatic N) is 2. The molecule has 3 N–H and O–H groups in total. The van der Waals surface area contributed by atoms with Crippen LogP contribution < -0.4 is 10.2 Å². The Labute approximate surface area is 148 Å². The molecule has 1 unspecified atom stereocenters. The predicted molar refractivity (Wildman–Crippen MR) is 96.6 cm³/mol. The summed E-state index contributed by atoms with van der Waals surface area (Å²) in [6.07, 6.45) is 0.640. The molecule has 1 atom stereocenters. The molecule has 128 valence electrons. The van der Waals surface area contributed by atoms with Crippen molar-refractivity contribution in [2.45, 2.75) is 12.5 Å². The summed E-state index contributed by atoms with van der Waals surface area (Å²) in [5.74, 6) is -0.140. The molecule has 0 saturated heterocycles. The Morgan fingerprint density at radius 2 is 1.96 bits per heavy atom. The number of aromatic nitrogens is 1. The molecule has 1 aromatic heterocycles. The SMILES string of the molecule is O=C1NC(Cc2nc3ccccc3s2)c2ccc(N(CO)CO)cc21. The number of para-hydroxylation sites is 1. The number of nitrogens with one attached hydrogen (secondary N) is 1. The lowest BCUT2D eigenvalue weighted by Crippen LogP contribution is -2.25. The lowest BCUT2D eigenvalue weighted by molar-refractivity contribution is 0.0956. The Hall–Kier alpha value is -2.48. The van der Waals surface area contributed by atoms with E-state index in [2.05, 4.69) is 10.3 Å². The van der Waals surface area contributed by atoms with E-state index >= 15 is 0 Å². The summed E-state index contributed by atoms with van der Waals surface area (Å²) >= 11 is 1.64. The fraction of sp³-hybridized carbons (Fsp3) is 0.222. The number of hydrogen-bond acceptors (Lipinski definition) is 6. The van der Waals surface area contributed by atoms with E-state index in [-0.39, 0.29) is 25.4 Å². The number of benzene rings is 2. The van der Waals surface area contributed by atoms with Gasteiger partial charge in [0.1, 0.15) is 13.5 Å². The third kappa shape index (κ3) is 2.86. The zero-order chi connectivity index (χ0) is 17.4. The molecule has 6 nitrogen and oxygen atoms in total. The third-order valence-corrected chi connectivity index (χ3v) is 5.44. The number of thiazole rings is 1. The van der Waals surface area contributed by atoms with E-state index in [9.17, 15) is 15.0 Å². The minimum atomic E-state index is -0.313. The summed E-state index contributed by atoms with van der Waals surface area (Å²) in [4.78, 5) is 18.3. The van der Waals surface area contributed by atoms with Gasteiger partial charge in [0.25, 0.3) is 5.91 Å². The minimum absolute atomic E-state index is 0.117. The molecule has 1 aliphatic rings. The van der Waals surface area contributed by atoms with Gasteiger partial charge >= 0.3 is 0 Å². The first-order chi connectivity index (χ1) is 12.2. The van der Waals surface area contributed by atoms with Crippen molar-refractivity contribution in [1.29, 1.82) is 0 Å². The summed E-state index contributed by atoms with van der Waals surface area (Å²) < 4.78 is 1.14. The molecule has 0 radical (unpaired) electrons. The van der Waals surface area contributed by atoms with Gasteiger partial charge in [-0.15, -0.1) is 11.3 Å². The van der Waals surface area contributed by atoms with Crippen LogP contribution in [0.2, 0.25) is 0 Å². The van der Waals surface area contributed by atoms with E-state index in [1.54, 1.807) is 23.5 Å². The molecule has 1 amide bonds. The second kappa shape index (κ2) is 6.44. The van der Waals surface area contributed by atoms with Crippen molar-refractivity contribution in [2.75, 3.05) is 18.4 Å². The molecule has 1 aliphatic heterocycles. The summed E-state index contributed by atoms with van der Waals surface area (Å²) in [7, 11) is 0. The van der Waals surface area contributed by atoms with Gasteiger partial charge in [0.15, 0.2) is 0 Å². The lowest BCUT2D eigenvalue weighted by atomic mass is 10.0. The Morgan fingerprint density at radius 1 is 1.16 bits per heavy atom. The maximum atomic E-state index is 12.3. The predicted octanol–water partition coefficient (Wildman–Crippen LogP) is 2.03. The van der Waals surface area contributed by atoms with Crippen LogP contribution in [0.15, 0.2) is 42.5 Å². The van der Waals surface area contributed by atoms with Gasteiger partial charge in [-0.25, -0.2) is 4.98 Å². The van der Waals surface area contributed by atoms with E-state index in [1.165, 1.54) is 4.90 Å². The van der Waals surface area contributed by atoms with Crippen LogP contribution in [-0.4, -0.2) is 34.6 Å². The van der Waals surface area contributed by atoms with Crippen molar-refractivity contribution in [3.05, 3.63) is 58.6 Å². The smallest absolute Gasteiger partial charge is 0.252 e. The first kappa shape index (κ1) is 16.0. The fourth-order valence-electron chi connectivity index (χ4n) is 3.11. The van der Waals surface area contributed by atoms with Gasteiger partial charge in [0.05, 0.1) is 21.3 Å². The minimum Gasteiger partial charge on any atom is -0.376 e. The van der Waals surface area contributed by atoms with E-state index < -0.39 is 0 Å². The van der Waals surface area contributed by atoms with Gasteiger partial charge in [-0.05, 0) is 29.8 Å². The van der Waals surface area contributed by atoms with Crippen molar-refractivity contribution in [1.82, 2.24) is 10.3 Å². The molecule has 4 rings (SSSR count). The first-order valence-electron chi connectivity index (χ1n) is 7.95. The zero-order valence-corrected chi connectivity index (χ0v) is 14.2. The highest BCUT2D eigenvalue weighted by Crippen LogP contribution is 2.33. The number of fused-ring (bicyclic) bond motifs is 2. The van der Waals surface area contributed by atoms with Crippen molar-refractivity contribution in [3.8, 4) is 0 Å². The monoisotopic (exact) mass is 355 g/mol. The van der Waals surface area contributed by atoms with Gasteiger partial charge < -0.3 is 20.4 Å². The van der Waals surface area contributed by atoms with Crippen molar-refractivity contribution in [2.24, 2.45) is 0 Å². The van der Waals surface area contributed by atoms with E-state index in [0.717, 1.165) is 20.8 Å². The van der Waals surface area contributed by atoms with Crippen LogP contribution in [0.25, 0.3) is 10.2 Å². The first-order valence-corrected chi connectivity index (χ1v) is 8.77. The molecule has 0 saturated carbocycles. The highest BCUT2D eigenvalue weighted by molar-refractivity contribution is 7.18. The molecular weight excluding hydrogens is 338 g/mol. The van der Waals surface area contributed by atoms with Gasteiger partial charge in [0.2, 0.25) is 0 Å². The van der Waals surface area contributed by atoms with Crippen LogP contribution in [-0.2, 0) is 6.42 Å². The molecule has 2 heterocycles. The number of carbonyl (C=O) groups excluding carboxylic acids is 1. The molecule has 0 fully saturated rings. The fourth-order valence-corrected chi connectivity index (χ4v) is 4.12. The molecular formula is C18H17N3O3S. The molecule has 25 heavy (non-hydrogen) atoms. The van der Waals surface area contributed by atoms with E-state index in [0.29, 0.717) is 17.7 Å². The topological polar surface area (TPSA) is 85.7 Å². The Balaban J connectivity index is 1.62. The normalized spacial score (nSPS) is 16.1. The van der Waals surface area contributed by atoms with Crippen LogP contribution in [0.3, 0.4) is 0 Å². The molecule has 3 aromatic rings. The Kier molecular flexibility index (Phi) is 4.12. The third-order valence-electron chi connectivity index (χ3n) is 4.39. The van der Waals surface area contributed by atoms with E-state index in [1.807, 2.05) is 30.3 Å². The van der Waals surface area contributed by atoms with Gasteiger partial charge in [-0.1, -0.05) is 18.2 Å². The maximum Gasteiger partial charge on any atom is 0.252 e. The van der Waals surface area contributed by atoms with Gasteiger partial charge in [0, 0.05) is 17.7 Å². The van der Waals surface area contributed by atoms with Crippen LogP contribution in [0.1, 0.15) is 27.0 Å². The Morgan fingerprint density at radius 3 is 2.72 bits per heavy atom. The highest BCUT2D eigenvalue weighted by atomic mass is 32.1. The van der Waals surface area contributed by atoms with Crippen molar-refractivity contribution >= 4 is 33.1 Å². The van der Waals surface area contributed by atoms with Crippen LogP contribution >= 0.6 is 11.3 Å². The van der Waals surface area contributed by atoms with Gasteiger partial charge in [-0.2, -0.15) is 0 Å². The highest BCUT2D eigenvalue weighted by Gasteiger charge is 2.30. The lowest BCUT2D eigenvalue weighted by Gasteiger charge is -2.19.